The average molecular weight is 437 g/mol. The normalized spacial score (nSPS) is 17.8. The van der Waals surface area contributed by atoms with Crippen LogP contribution in [0.4, 0.5) is 0 Å². The fraction of sp³-hybridized carbons (Fsp3) is 0.733. The van der Waals surface area contributed by atoms with Crippen LogP contribution >= 0.6 is 24.0 Å². The Hall–Kier alpha value is -0.870. The molecule has 0 amide bonds. The Morgan fingerprint density at radius 1 is 1.48 bits per heavy atom. The van der Waals surface area contributed by atoms with Crippen molar-refractivity contribution in [3.63, 3.8) is 0 Å². The van der Waals surface area contributed by atoms with Gasteiger partial charge in [-0.25, -0.2) is 4.98 Å². The third kappa shape index (κ3) is 8.52. The summed E-state index contributed by atoms with van der Waals surface area (Å²) in [5.41, 5.74) is 0. The SMILES string of the molecule is CCNC(=NCCCOC1CCOC1)NCCn1ccnc1.I. The Balaban J connectivity index is 0.00000264. The highest BCUT2D eigenvalue weighted by Crippen LogP contribution is 2.07. The Bertz CT molecular complexity index is 422. The highest BCUT2D eigenvalue weighted by molar-refractivity contribution is 14.0. The first kappa shape index (κ1) is 20.2. The summed E-state index contributed by atoms with van der Waals surface area (Å²) in [6.45, 7) is 7.67. The summed E-state index contributed by atoms with van der Waals surface area (Å²) >= 11 is 0. The Kier molecular flexibility index (Phi) is 11.0. The van der Waals surface area contributed by atoms with E-state index in [1.165, 1.54) is 0 Å². The second-order valence-corrected chi connectivity index (χ2v) is 5.20. The molecule has 1 atom stereocenters. The molecule has 1 aromatic heterocycles. The lowest BCUT2D eigenvalue weighted by Crippen LogP contribution is -2.39. The fourth-order valence-electron chi connectivity index (χ4n) is 2.21. The van der Waals surface area contributed by atoms with Gasteiger partial charge in [-0.15, -0.1) is 24.0 Å². The molecule has 2 rings (SSSR count). The molecule has 2 heterocycles. The van der Waals surface area contributed by atoms with Crippen molar-refractivity contribution in [2.75, 3.05) is 39.5 Å². The highest BCUT2D eigenvalue weighted by Gasteiger charge is 2.15. The molecule has 1 unspecified atom stereocenters. The predicted octanol–water partition coefficient (Wildman–Crippen LogP) is 1.25. The summed E-state index contributed by atoms with van der Waals surface area (Å²) in [6, 6.07) is 0. The summed E-state index contributed by atoms with van der Waals surface area (Å²) in [5.74, 6) is 0.854. The van der Waals surface area contributed by atoms with Gasteiger partial charge in [-0.3, -0.25) is 4.99 Å². The van der Waals surface area contributed by atoms with Crippen LogP contribution in [0, 0.1) is 0 Å². The molecule has 0 aliphatic carbocycles. The molecule has 0 aromatic carbocycles. The van der Waals surface area contributed by atoms with Crippen molar-refractivity contribution in [2.45, 2.75) is 32.4 Å². The van der Waals surface area contributed by atoms with Crippen molar-refractivity contribution in [3.05, 3.63) is 18.7 Å². The van der Waals surface area contributed by atoms with Crippen molar-refractivity contribution in [2.24, 2.45) is 4.99 Å². The molecule has 0 spiro atoms. The molecule has 1 fully saturated rings. The van der Waals surface area contributed by atoms with Crippen LogP contribution in [0.5, 0.6) is 0 Å². The summed E-state index contributed by atoms with van der Waals surface area (Å²) in [7, 11) is 0. The second kappa shape index (κ2) is 12.5. The van der Waals surface area contributed by atoms with Crippen LogP contribution in [0.15, 0.2) is 23.7 Å². The molecule has 1 aliphatic heterocycles. The van der Waals surface area contributed by atoms with E-state index < -0.39 is 0 Å². The number of imidazole rings is 1. The maximum atomic E-state index is 5.73. The van der Waals surface area contributed by atoms with Gasteiger partial charge in [0.1, 0.15) is 0 Å². The van der Waals surface area contributed by atoms with Crippen molar-refractivity contribution >= 4 is 29.9 Å². The molecule has 23 heavy (non-hydrogen) atoms. The third-order valence-corrected chi connectivity index (χ3v) is 3.38. The molecule has 7 nitrogen and oxygen atoms in total. The number of halogens is 1. The van der Waals surface area contributed by atoms with E-state index >= 15 is 0 Å². The molecule has 1 aliphatic rings. The predicted molar refractivity (Wildman–Crippen MR) is 101 cm³/mol. The quantitative estimate of drug-likeness (QED) is 0.263. The number of guanidine groups is 1. The smallest absolute Gasteiger partial charge is 0.191 e. The molecule has 0 radical (unpaired) electrons. The monoisotopic (exact) mass is 437 g/mol. The molecule has 8 heteroatoms. The summed E-state index contributed by atoms with van der Waals surface area (Å²) in [6.07, 6.45) is 7.78. The number of rotatable bonds is 9. The second-order valence-electron chi connectivity index (χ2n) is 5.20. The van der Waals surface area contributed by atoms with Crippen LogP contribution in [0.3, 0.4) is 0 Å². The number of hydrogen-bond donors (Lipinski definition) is 2. The van der Waals surface area contributed by atoms with Crippen LogP contribution in [-0.2, 0) is 16.0 Å². The van der Waals surface area contributed by atoms with Crippen molar-refractivity contribution in [1.82, 2.24) is 20.2 Å². The summed E-state index contributed by atoms with van der Waals surface area (Å²) < 4.78 is 13.0. The van der Waals surface area contributed by atoms with E-state index in [-0.39, 0.29) is 30.1 Å². The van der Waals surface area contributed by atoms with E-state index in [9.17, 15) is 0 Å². The van der Waals surface area contributed by atoms with E-state index in [4.69, 9.17) is 9.47 Å². The zero-order valence-electron chi connectivity index (χ0n) is 13.7. The number of nitrogens with one attached hydrogen (secondary N) is 2. The van der Waals surface area contributed by atoms with Gasteiger partial charge in [0.15, 0.2) is 5.96 Å². The lowest BCUT2D eigenvalue weighted by Gasteiger charge is -2.12. The average Bonchev–Trinajstić information content (AvgIpc) is 3.20. The standard InChI is InChI=1S/C15H27N5O2.HI/c1-2-17-15(19-7-9-20-8-6-16-13-20)18-5-3-10-22-14-4-11-21-12-14;/h6,8,13-14H,2-5,7,9-12H2,1H3,(H2,17,18,19);1H. The topological polar surface area (TPSA) is 72.7 Å². The van der Waals surface area contributed by atoms with Crippen LogP contribution in [0.1, 0.15) is 19.8 Å². The molecule has 1 saturated heterocycles. The minimum Gasteiger partial charge on any atom is -0.379 e. The number of ether oxygens (including phenoxy) is 2. The first-order valence-corrected chi connectivity index (χ1v) is 8.05. The van der Waals surface area contributed by atoms with Gasteiger partial charge in [0.05, 0.1) is 19.0 Å². The largest absolute Gasteiger partial charge is 0.379 e. The van der Waals surface area contributed by atoms with Crippen molar-refractivity contribution in [1.29, 1.82) is 0 Å². The first-order chi connectivity index (χ1) is 10.9. The number of nitrogens with zero attached hydrogens (tertiary/aromatic N) is 3. The maximum Gasteiger partial charge on any atom is 0.191 e. The van der Waals surface area contributed by atoms with E-state index in [1.807, 2.05) is 17.1 Å². The maximum absolute atomic E-state index is 5.73. The van der Waals surface area contributed by atoms with E-state index in [1.54, 1.807) is 6.20 Å². The van der Waals surface area contributed by atoms with Gasteiger partial charge in [0.25, 0.3) is 0 Å². The lowest BCUT2D eigenvalue weighted by atomic mass is 10.3. The van der Waals surface area contributed by atoms with Crippen LogP contribution in [0.2, 0.25) is 0 Å². The zero-order valence-corrected chi connectivity index (χ0v) is 16.1. The van der Waals surface area contributed by atoms with Gasteiger partial charge in [0.2, 0.25) is 0 Å². The Labute approximate surface area is 155 Å². The highest BCUT2D eigenvalue weighted by atomic mass is 127. The van der Waals surface area contributed by atoms with Crippen LogP contribution in [0.25, 0.3) is 0 Å². The summed E-state index contributed by atoms with van der Waals surface area (Å²) in [5, 5.41) is 6.57. The summed E-state index contributed by atoms with van der Waals surface area (Å²) in [4.78, 5) is 8.58. The van der Waals surface area contributed by atoms with Gasteiger partial charge in [-0.1, -0.05) is 0 Å². The van der Waals surface area contributed by atoms with Gasteiger partial charge >= 0.3 is 0 Å². The van der Waals surface area contributed by atoms with Crippen molar-refractivity contribution < 1.29 is 9.47 Å². The molecular formula is C15H28IN5O2. The van der Waals surface area contributed by atoms with E-state index in [0.717, 1.165) is 64.8 Å². The first-order valence-electron chi connectivity index (χ1n) is 8.05. The van der Waals surface area contributed by atoms with Gasteiger partial charge in [-0.05, 0) is 19.8 Å². The van der Waals surface area contributed by atoms with Crippen molar-refractivity contribution in [3.8, 4) is 0 Å². The molecule has 0 saturated carbocycles. The lowest BCUT2D eigenvalue weighted by molar-refractivity contribution is 0.0424. The van der Waals surface area contributed by atoms with E-state index in [0.29, 0.717) is 0 Å². The van der Waals surface area contributed by atoms with Gasteiger partial charge in [0, 0.05) is 51.8 Å². The van der Waals surface area contributed by atoms with Gasteiger partial charge < -0.3 is 24.7 Å². The molecular weight excluding hydrogens is 409 g/mol. The number of hydrogen-bond acceptors (Lipinski definition) is 4. The van der Waals surface area contributed by atoms with Gasteiger partial charge in [-0.2, -0.15) is 0 Å². The van der Waals surface area contributed by atoms with E-state index in [2.05, 4.69) is 27.5 Å². The molecule has 2 N–H and O–H groups in total. The zero-order chi connectivity index (χ0) is 15.5. The number of aromatic nitrogens is 2. The molecule has 132 valence electrons. The minimum absolute atomic E-state index is 0. The van der Waals surface area contributed by atoms with Crippen LogP contribution in [-0.4, -0.2) is 61.1 Å². The Morgan fingerprint density at radius 2 is 2.39 bits per heavy atom. The molecule has 1 aromatic rings. The minimum atomic E-state index is 0. The van der Waals surface area contributed by atoms with Crippen LogP contribution < -0.4 is 10.6 Å². The molecule has 0 bridgehead atoms. The number of aliphatic imine (C=N–C) groups is 1. The fourth-order valence-corrected chi connectivity index (χ4v) is 2.21. The Morgan fingerprint density at radius 3 is 3.09 bits per heavy atom. The third-order valence-electron chi connectivity index (χ3n) is 3.38.